The summed E-state index contributed by atoms with van der Waals surface area (Å²) in [6.07, 6.45) is 5.07. The number of aryl methyl sites for hydroxylation is 2. The second kappa shape index (κ2) is 8.19. The Labute approximate surface area is 170 Å². The van der Waals surface area contributed by atoms with Gasteiger partial charge in [0.25, 0.3) is 0 Å². The van der Waals surface area contributed by atoms with Gasteiger partial charge >= 0.3 is 0 Å². The standard InChI is InChI=1S/C24H23N3O2/c1-17-7-6-14-27-16-21(26-24(17)27)19-11-12-22(29-2)20(15-19)25-23(28)13-10-18-8-4-3-5-9-18/h3-9,11-12,14-16H,10,13H2,1-2H3,(H,25,28). The van der Waals surface area contributed by atoms with Crippen LogP contribution in [0.15, 0.2) is 73.1 Å². The zero-order chi connectivity index (χ0) is 20.2. The van der Waals surface area contributed by atoms with Crippen molar-refractivity contribution in [1.82, 2.24) is 9.38 Å². The van der Waals surface area contributed by atoms with Gasteiger partial charge < -0.3 is 14.5 Å². The summed E-state index contributed by atoms with van der Waals surface area (Å²) in [5.41, 5.74) is 5.60. The van der Waals surface area contributed by atoms with Gasteiger partial charge in [0, 0.05) is 24.4 Å². The molecule has 0 spiro atoms. The lowest BCUT2D eigenvalue weighted by atomic mass is 10.1. The van der Waals surface area contributed by atoms with Gasteiger partial charge in [-0.2, -0.15) is 0 Å². The molecule has 4 rings (SSSR count). The van der Waals surface area contributed by atoms with Crippen molar-refractivity contribution in [3.63, 3.8) is 0 Å². The van der Waals surface area contributed by atoms with Gasteiger partial charge in [0.15, 0.2) is 0 Å². The molecule has 2 aromatic carbocycles. The van der Waals surface area contributed by atoms with Crippen molar-refractivity contribution in [2.45, 2.75) is 19.8 Å². The van der Waals surface area contributed by atoms with Gasteiger partial charge in [0.2, 0.25) is 5.91 Å². The van der Waals surface area contributed by atoms with Gasteiger partial charge in [-0.25, -0.2) is 4.98 Å². The lowest BCUT2D eigenvalue weighted by molar-refractivity contribution is -0.116. The molecule has 4 aromatic rings. The van der Waals surface area contributed by atoms with Crippen LogP contribution < -0.4 is 10.1 Å². The van der Waals surface area contributed by atoms with Crippen LogP contribution in [0.25, 0.3) is 16.9 Å². The number of carbonyl (C=O) groups excluding carboxylic acids is 1. The van der Waals surface area contributed by atoms with Crippen molar-refractivity contribution < 1.29 is 9.53 Å². The molecule has 2 aromatic heterocycles. The number of anilines is 1. The van der Waals surface area contributed by atoms with Crippen LogP contribution in [0.5, 0.6) is 5.75 Å². The third kappa shape index (κ3) is 4.14. The zero-order valence-electron chi connectivity index (χ0n) is 16.6. The maximum atomic E-state index is 12.5. The molecule has 146 valence electrons. The Bertz CT molecular complexity index is 1150. The second-order valence-electron chi connectivity index (χ2n) is 7.00. The number of rotatable bonds is 6. The van der Waals surface area contributed by atoms with E-state index in [0.717, 1.165) is 28.0 Å². The first-order valence-electron chi connectivity index (χ1n) is 9.60. The van der Waals surface area contributed by atoms with E-state index in [4.69, 9.17) is 9.72 Å². The number of hydrogen-bond donors (Lipinski definition) is 1. The van der Waals surface area contributed by atoms with Gasteiger partial charge in [-0.05, 0) is 48.7 Å². The molecule has 0 aliphatic rings. The van der Waals surface area contributed by atoms with Crippen LogP contribution in [-0.4, -0.2) is 22.4 Å². The molecule has 0 aliphatic carbocycles. The van der Waals surface area contributed by atoms with E-state index >= 15 is 0 Å². The molecule has 0 atom stereocenters. The van der Waals surface area contributed by atoms with Gasteiger partial charge in [-0.15, -0.1) is 0 Å². The number of nitrogens with one attached hydrogen (secondary N) is 1. The first-order valence-corrected chi connectivity index (χ1v) is 9.60. The molecule has 0 radical (unpaired) electrons. The predicted octanol–water partition coefficient (Wildman–Crippen LogP) is 4.89. The lowest BCUT2D eigenvalue weighted by Crippen LogP contribution is -2.13. The maximum Gasteiger partial charge on any atom is 0.224 e. The van der Waals surface area contributed by atoms with Crippen molar-refractivity contribution in [3.8, 4) is 17.0 Å². The van der Waals surface area contributed by atoms with Crippen molar-refractivity contribution in [2.24, 2.45) is 0 Å². The number of benzene rings is 2. The molecule has 2 heterocycles. The van der Waals surface area contributed by atoms with E-state index in [1.54, 1.807) is 7.11 Å². The number of imidazole rings is 1. The number of aromatic nitrogens is 2. The van der Waals surface area contributed by atoms with E-state index < -0.39 is 0 Å². The topological polar surface area (TPSA) is 55.6 Å². The summed E-state index contributed by atoms with van der Waals surface area (Å²) in [5.74, 6) is 0.580. The molecule has 0 saturated heterocycles. The number of fused-ring (bicyclic) bond motifs is 1. The molecular weight excluding hydrogens is 362 g/mol. The smallest absolute Gasteiger partial charge is 0.224 e. The number of methoxy groups -OCH3 is 1. The lowest BCUT2D eigenvalue weighted by Gasteiger charge is -2.11. The average Bonchev–Trinajstić information content (AvgIpc) is 3.19. The minimum atomic E-state index is -0.0462. The van der Waals surface area contributed by atoms with Crippen LogP contribution in [0.3, 0.4) is 0 Å². The van der Waals surface area contributed by atoms with E-state index in [1.165, 1.54) is 0 Å². The number of pyridine rings is 1. The van der Waals surface area contributed by atoms with Crippen LogP contribution in [0, 0.1) is 6.92 Å². The van der Waals surface area contributed by atoms with E-state index in [0.29, 0.717) is 24.3 Å². The van der Waals surface area contributed by atoms with Crippen molar-refractivity contribution in [3.05, 3.63) is 84.2 Å². The highest BCUT2D eigenvalue weighted by Gasteiger charge is 2.12. The van der Waals surface area contributed by atoms with Crippen molar-refractivity contribution in [1.29, 1.82) is 0 Å². The molecule has 0 unspecified atom stereocenters. The van der Waals surface area contributed by atoms with Crippen molar-refractivity contribution >= 4 is 17.2 Å². The summed E-state index contributed by atoms with van der Waals surface area (Å²) in [6, 6.07) is 19.8. The molecule has 1 amide bonds. The predicted molar refractivity (Wildman–Crippen MR) is 115 cm³/mol. The van der Waals surface area contributed by atoms with Crippen LogP contribution >= 0.6 is 0 Å². The highest BCUT2D eigenvalue weighted by atomic mass is 16.5. The Hall–Kier alpha value is -3.60. The Balaban J connectivity index is 1.56. The zero-order valence-corrected chi connectivity index (χ0v) is 16.6. The SMILES string of the molecule is COc1ccc(-c2cn3cccc(C)c3n2)cc1NC(=O)CCc1ccccc1. The fraction of sp³-hybridized carbons (Fsp3) is 0.167. The van der Waals surface area contributed by atoms with E-state index in [2.05, 4.69) is 5.32 Å². The van der Waals surface area contributed by atoms with Crippen LogP contribution in [0.2, 0.25) is 0 Å². The molecule has 0 bridgehead atoms. The minimum Gasteiger partial charge on any atom is -0.495 e. The highest BCUT2D eigenvalue weighted by molar-refractivity contribution is 5.93. The van der Waals surface area contributed by atoms with Gasteiger partial charge in [0.05, 0.1) is 18.5 Å². The molecule has 0 saturated carbocycles. The normalized spacial score (nSPS) is 10.8. The Morgan fingerprint density at radius 1 is 1.10 bits per heavy atom. The average molecular weight is 385 g/mol. The first kappa shape index (κ1) is 18.7. The molecule has 0 fully saturated rings. The van der Waals surface area contributed by atoms with Gasteiger partial charge in [-0.1, -0.05) is 36.4 Å². The summed E-state index contributed by atoms with van der Waals surface area (Å²) >= 11 is 0. The second-order valence-corrected chi connectivity index (χ2v) is 7.00. The highest BCUT2D eigenvalue weighted by Crippen LogP contribution is 2.31. The Kier molecular flexibility index (Phi) is 5.29. The third-order valence-corrected chi connectivity index (χ3v) is 4.93. The maximum absolute atomic E-state index is 12.5. The summed E-state index contributed by atoms with van der Waals surface area (Å²) in [7, 11) is 1.60. The van der Waals surface area contributed by atoms with Crippen LogP contribution in [0.4, 0.5) is 5.69 Å². The molecule has 29 heavy (non-hydrogen) atoms. The number of nitrogens with zero attached hydrogens (tertiary/aromatic N) is 2. The quantitative estimate of drug-likeness (QED) is 0.514. The van der Waals surface area contributed by atoms with Gasteiger partial charge in [-0.3, -0.25) is 4.79 Å². The number of ether oxygens (including phenoxy) is 1. The molecule has 0 aliphatic heterocycles. The summed E-state index contributed by atoms with van der Waals surface area (Å²) < 4.78 is 7.44. The fourth-order valence-corrected chi connectivity index (χ4v) is 3.37. The largest absolute Gasteiger partial charge is 0.495 e. The van der Waals surface area contributed by atoms with Crippen LogP contribution in [-0.2, 0) is 11.2 Å². The monoisotopic (exact) mass is 385 g/mol. The molecule has 5 heteroatoms. The molecule has 5 nitrogen and oxygen atoms in total. The number of carbonyl (C=O) groups is 1. The summed E-state index contributed by atoms with van der Waals surface area (Å²) in [4.78, 5) is 17.2. The number of hydrogen-bond acceptors (Lipinski definition) is 3. The minimum absolute atomic E-state index is 0.0462. The van der Waals surface area contributed by atoms with E-state index in [-0.39, 0.29) is 5.91 Å². The summed E-state index contributed by atoms with van der Waals surface area (Å²) in [6.45, 7) is 2.04. The fourth-order valence-electron chi connectivity index (χ4n) is 3.37. The first-order chi connectivity index (χ1) is 14.1. The Morgan fingerprint density at radius 3 is 2.69 bits per heavy atom. The Morgan fingerprint density at radius 2 is 1.93 bits per heavy atom. The molecular formula is C24H23N3O2. The summed E-state index contributed by atoms with van der Waals surface area (Å²) in [5, 5.41) is 2.99. The van der Waals surface area contributed by atoms with Crippen LogP contribution in [0.1, 0.15) is 17.5 Å². The molecule has 1 N–H and O–H groups in total. The van der Waals surface area contributed by atoms with E-state index in [9.17, 15) is 4.79 Å². The van der Waals surface area contributed by atoms with Gasteiger partial charge in [0.1, 0.15) is 11.4 Å². The third-order valence-electron chi connectivity index (χ3n) is 4.93. The van der Waals surface area contributed by atoms with E-state index in [1.807, 2.05) is 84.4 Å². The van der Waals surface area contributed by atoms with Crippen molar-refractivity contribution in [2.75, 3.05) is 12.4 Å². The number of amides is 1.